The fourth-order valence-corrected chi connectivity index (χ4v) is 2.23. The highest BCUT2D eigenvalue weighted by Gasteiger charge is 2.19. The summed E-state index contributed by atoms with van der Waals surface area (Å²) in [5.74, 6) is 1.41. The maximum absolute atomic E-state index is 5.93. The normalized spacial score (nSPS) is 10.7. The minimum Gasteiger partial charge on any atom is -0.318 e. The maximum atomic E-state index is 5.93. The summed E-state index contributed by atoms with van der Waals surface area (Å²) in [6.45, 7) is 4.63. The van der Waals surface area contributed by atoms with E-state index in [0.29, 0.717) is 12.6 Å². The van der Waals surface area contributed by atoms with Gasteiger partial charge in [-0.15, -0.1) is 0 Å². The number of fused-ring (bicyclic) bond motifs is 1. The number of benzene rings is 2. The first kappa shape index (κ1) is 12.7. The summed E-state index contributed by atoms with van der Waals surface area (Å²) in [6.07, 6.45) is 0. The van der Waals surface area contributed by atoms with E-state index in [1.165, 1.54) is 5.56 Å². The lowest BCUT2D eigenvalue weighted by Crippen LogP contribution is -1.93. The molecule has 3 aromatic rings. The number of hydrogen-bond donors (Lipinski definition) is 0. The van der Waals surface area contributed by atoms with Crippen LogP contribution in [0.25, 0.3) is 22.1 Å². The highest BCUT2D eigenvalue weighted by molar-refractivity contribution is 5.88. The minimum atomic E-state index is 0.584. The molecule has 0 spiro atoms. The Bertz CT molecular complexity index is 730. The Morgan fingerprint density at radius 3 is 2.50 bits per heavy atom. The first-order valence-corrected chi connectivity index (χ1v) is 6.83. The van der Waals surface area contributed by atoms with Crippen LogP contribution in [0.5, 0.6) is 5.95 Å². The van der Waals surface area contributed by atoms with Gasteiger partial charge in [0.1, 0.15) is 5.39 Å². The summed E-state index contributed by atoms with van der Waals surface area (Å²) in [7, 11) is 0. The van der Waals surface area contributed by atoms with Crippen molar-refractivity contribution in [2.75, 3.05) is 6.61 Å². The Labute approximate surface area is 118 Å². The molecule has 0 N–H and O–H groups in total. The standard InChI is InChI=1S/C18H17O2/c1-3-19-18-16-7-5-4-6-15(16)12-17(20-18)14-10-8-13(2)9-11-14/h4-12H,3H2,1-2H3/q+1. The van der Waals surface area contributed by atoms with Crippen molar-refractivity contribution in [3.63, 3.8) is 0 Å². The molecule has 0 fully saturated rings. The van der Waals surface area contributed by atoms with Gasteiger partial charge in [0.25, 0.3) is 5.76 Å². The molecule has 1 aromatic heterocycles. The van der Waals surface area contributed by atoms with Gasteiger partial charge in [-0.1, -0.05) is 35.9 Å². The smallest absolute Gasteiger partial charge is 0.318 e. The van der Waals surface area contributed by atoms with E-state index < -0.39 is 0 Å². The van der Waals surface area contributed by atoms with Gasteiger partial charge < -0.3 is 4.74 Å². The molecule has 0 bridgehead atoms. The maximum Gasteiger partial charge on any atom is 0.526 e. The molecule has 2 nitrogen and oxygen atoms in total. The van der Waals surface area contributed by atoms with Crippen LogP contribution in [0.1, 0.15) is 12.5 Å². The van der Waals surface area contributed by atoms with Gasteiger partial charge in [-0.05, 0) is 32.0 Å². The fourth-order valence-electron chi connectivity index (χ4n) is 2.23. The van der Waals surface area contributed by atoms with E-state index >= 15 is 0 Å². The molecule has 20 heavy (non-hydrogen) atoms. The molecule has 3 rings (SSSR count). The van der Waals surface area contributed by atoms with Gasteiger partial charge in [0.15, 0.2) is 6.61 Å². The van der Waals surface area contributed by atoms with Crippen molar-refractivity contribution in [2.45, 2.75) is 13.8 Å². The Morgan fingerprint density at radius 1 is 1.00 bits per heavy atom. The first-order chi connectivity index (χ1) is 9.78. The van der Waals surface area contributed by atoms with Gasteiger partial charge in [-0.25, -0.2) is 0 Å². The highest BCUT2D eigenvalue weighted by Crippen LogP contribution is 2.32. The van der Waals surface area contributed by atoms with Crippen LogP contribution in [0, 0.1) is 6.92 Å². The zero-order valence-electron chi connectivity index (χ0n) is 11.7. The van der Waals surface area contributed by atoms with Gasteiger partial charge in [0, 0.05) is 17.0 Å². The molecule has 2 aromatic carbocycles. The summed E-state index contributed by atoms with van der Waals surface area (Å²) in [4.78, 5) is 0. The average Bonchev–Trinajstić information content (AvgIpc) is 2.48. The van der Waals surface area contributed by atoms with Gasteiger partial charge >= 0.3 is 5.95 Å². The third-order valence-corrected chi connectivity index (χ3v) is 3.28. The fraction of sp³-hybridized carbons (Fsp3) is 0.167. The third kappa shape index (κ3) is 2.37. The van der Waals surface area contributed by atoms with E-state index in [4.69, 9.17) is 9.15 Å². The third-order valence-electron chi connectivity index (χ3n) is 3.28. The topological polar surface area (TPSA) is 20.5 Å². The van der Waals surface area contributed by atoms with Gasteiger partial charge in [-0.3, -0.25) is 4.42 Å². The van der Waals surface area contributed by atoms with Crippen molar-refractivity contribution in [2.24, 2.45) is 0 Å². The first-order valence-electron chi connectivity index (χ1n) is 6.83. The lowest BCUT2D eigenvalue weighted by atomic mass is 10.1. The van der Waals surface area contributed by atoms with E-state index in [1.54, 1.807) is 0 Å². The average molecular weight is 265 g/mol. The van der Waals surface area contributed by atoms with E-state index in [9.17, 15) is 0 Å². The molecule has 2 heteroatoms. The SMILES string of the molecule is CCOc1[o+]c(-c2ccc(C)cc2)cc2ccccc12. The van der Waals surface area contributed by atoms with Crippen LogP contribution < -0.4 is 4.74 Å². The van der Waals surface area contributed by atoms with Gasteiger partial charge in [0.05, 0.1) is 0 Å². The van der Waals surface area contributed by atoms with Crippen LogP contribution in [0.4, 0.5) is 0 Å². The number of hydrogen-bond acceptors (Lipinski definition) is 1. The summed E-state index contributed by atoms with van der Waals surface area (Å²) in [5.41, 5.74) is 2.29. The molecule has 0 atom stereocenters. The van der Waals surface area contributed by atoms with Crippen LogP contribution in [0.2, 0.25) is 0 Å². The second-order valence-corrected chi connectivity index (χ2v) is 4.78. The zero-order chi connectivity index (χ0) is 13.9. The molecule has 0 amide bonds. The summed E-state index contributed by atoms with van der Waals surface area (Å²) >= 11 is 0. The molecular weight excluding hydrogens is 248 g/mol. The van der Waals surface area contributed by atoms with E-state index in [0.717, 1.165) is 22.1 Å². The van der Waals surface area contributed by atoms with Crippen LogP contribution in [0.3, 0.4) is 0 Å². The Morgan fingerprint density at radius 2 is 1.75 bits per heavy atom. The van der Waals surface area contributed by atoms with Crippen molar-refractivity contribution in [1.82, 2.24) is 0 Å². The highest BCUT2D eigenvalue weighted by atomic mass is 16.6. The van der Waals surface area contributed by atoms with E-state index in [-0.39, 0.29) is 0 Å². The molecule has 0 unspecified atom stereocenters. The summed E-state index contributed by atoms with van der Waals surface area (Å²) < 4.78 is 11.6. The monoisotopic (exact) mass is 265 g/mol. The van der Waals surface area contributed by atoms with Crippen LogP contribution in [-0.4, -0.2) is 6.61 Å². The van der Waals surface area contributed by atoms with Crippen molar-refractivity contribution >= 4 is 10.8 Å². The molecule has 0 aliphatic rings. The van der Waals surface area contributed by atoms with Crippen LogP contribution in [-0.2, 0) is 0 Å². The predicted molar refractivity (Wildman–Crippen MR) is 82.0 cm³/mol. The largest absolute Gasteiger partial charge is 0.526 e. The van der Waals surface area contributed by atoms with E-state index in [1.807, 2.05) is 25.1 Å². The Kier molecular flexibility index (Phi) is 3.38. The van der Waals surface area contributed by atoms with Crippen molar-refractivity contribution in [3.8, 4) is 17.3 Å². The lowest BCUT2D eigenvalue weighted by Gasteiger charge is -2.01. The molecule has 1 heterocycles. The van der Waals surface area contributed by atoms with Crippen LogP contribution in [0.15, 0.2) is 59.0 Å². The minimum absolute atomic E-state index is 0.584. The Hall–Kier alpha value is -2.35. The molecular formula is C18H17O2+. The second kappa shape index (κ2) is 5.33. The van der Waals surface area contributed by atoms with Crippen molar-refractivity contribution in [1.29, 1.82) is 0 Å². The molecule has 0 aliphatic heterocycles. The number of ether oxygens (including phenoxy) is 1. The van der Waals surface area contributed by atoms with Crippen LogP contribution >= 0.6 is 0 Å². The molecule has 0 saturated carbocycles. The number of rotatable bonds is 3. The van der Waals surface area contributed by atoms with Gasteiger partial charge in [0.2, 0.25) is 0 Å². The Balaban J connectivity index is 2.18. The zero-order valence-corrected chi connectivity index (χ0v) is 11.7. The molecule has 0 radical (unpaired) electrons. The lowest BCUT2D eigenvalue weighted by molar-refractivity contribution is 0.260. The molecule has 0 saturated heterocycles. The van der Waals surface area contributed by atoms with Crippen molar-refractivity contribution < 1.29 is 9.15 Å². The summed E-state index contributed by atoms with van der Waals surface area (Å²) in [6, 6.07) is 18.5. The second-order valence-electron chi connectivity index (χ2n) is 4.78. The predicted octanol–water partition coefficient (Wildman–Crippen LogP) is 5.09. The molecule has 100 valence electrons. The van der Waals surface area contributed by atoms with Gasteiger partial charge in [-0.2, -0.15) is 0 Å². The summed E-state index contributed by atoms with van der Waals surface area (Å²) in [5, 5.41) is 2.13. The molecule has 0 aliphatic carbocycles. The van der Waals surface area contributed by atoms with Crippen molar-refractivity contribution in [3.05, 3.63) is 60.2 Å². The quantitative estimate of drug-likeness (QED) is 0.615. The van der Waals surface area contributed by atoms with E-state index in [2.05, 4.69) is 43.3 Å². The number of aryl methyl sites for hydroxylation is 1.